The van der Waals surface area contributed by atoms with E-state index in [2.05, 4.69) is 15.1 Å². The Morgan fingerprint density at radius 3 is 2.59 bits per heavy atom. The summed E-state index contributed by atoms with van der Waals surface area (Å²) in [6, 6.07) is 2.25. The average molecular weight is 432 g/mol. The smallest absolute Gasteiger partial charge is 0.434 e. The molecule has 0 saturated carbocycles. The maximum atomic E-state index is 14.4. The summed E-state index contributed by atoms with van der Waals surface area (Å²) in [5.41, 5.74) is -2.31. The van der Waals surface area contributed by atoms with Crippen LogP contribution in [0.15, 0.2) is 29.7 Å². The van der Waals surface area contributed by atoms with E-state index in [1.807, 2.05) is 0 Å². The summed E-state index contributed by atoms with van der Waals surface area (Å²) in [4.78, 5) is 24.2. The summed E-state index contributed by atoms with van der Waals surface area (Å²) >= 11 is 6.11. The van der Waals surface area contributed by atoms with Gasteiger partial charge in [0.15, 0.2) is 5.69 Å². The lowest BCUT2D eigenvalue weighted by Crippen LogP contribution is -2.37. The van der Waals surface area contributed by atoms with Crippen LogP contribution in [0, 0.1) is 5.82 Å². The van der Waals surface area contributed by atoms with E-state index >= 15 is 0 Å². The summed E-state index contributed by atoms with van der Waals surface area (Å²) in [6.45, 7) is 3.29. The molecule has 2 heterocycles. The third-order valence-corrected chi connectivity index (χ3v) is 4.47. The van der Waals surface area contributed by atoms with Gasteiger partial charge in [-0.25, -0.2) is 14.2 Å². The van der Waals surface area contributed by atoms with Gasteiger partial charge in [-0.05, 0) is 26.0 Å². The number of ether oxygens (including phenoxy) is 1. The summed E-state index contributed by atoms with van der Waals surface area (Å²) in [7, 11) is 0. The Balaban J connectivity index is 1.94. The second-order valence-electron chi connectivity index (χ2n) is 6.35. The lowest BCUT2D eigenvalue weighted by Gasteiger charge is -2.18. The number of rotatable bonds is 4. The van der Waals surface area contributed by atoms with Crippen LogP contribution in [-0.2, 0) is 20.5 Å². The molecule has 3 rings (SSSR count). The maximum Gasteiger partial charge on any atom is 0.434 e. The molecule has 0 aliphatic carbocycles. The fraction of sp³-hybridized carbons (Fsp3) is 0.333. The van der Waals surface area contributed by atoms with E-state index in [-0.39, 0.29) is 40.6 Å². The van der Waals surface area contributed by atoms with Gasteiger partial charge in [-0.1, -0.05) is 16.8 Å². The van der Waals surface area contributed by atoms with E-state index in [1.54, 1.807) is 6.92 Å². The second-order valence-corrected chi connectivity index (χ2v) is 6.76. The van der Waals surface area contributed by atoms with E-state index in [9.17, 15) is 22.4 Å². The Bertz CT molecular complexity index is 980. The summed E-state index contributed by atoms with van der Waals surface area (Å²) in [5.74, 6) is -1.42. The fourth-order valence-electron chi connectivity index (χ4n) is 2.66. The molecular weight excluding hydrogens is 418 g/mol. The van der Waals surface area contributed by atoms with Crippen molar-refractivity contribution >= 4 is 23.3 Å². The van der Waals surface area contributed by atoms with Gasteiger partial charge in [0.2, 0.25) is 5.60 Å². The molecule has 0 N–H and O–H groups in total. The number of nitrogens with zero attached hydrogens (tertiary/aromatic N) is 3. The van der Waals surface area contributed by atoms with Crippen LogP contribution in [0.3, 0.4) is 0 Å². The largest absolute Gasteiger partial charge is 0.463 e. The molecule has 29 heavy (non-hydrogen) atoms. The van der Waals surface area contributed by atoms with Crippen molar-refractivity contribution in [1.29, 1.82) is 0 Å². The highest BCUT2D eigenvalue weighted by atomic mass is 35.5. The zero-order chi connectivity index (χ0) is 21.4. The first-order chi connectivity index (χ1) is 13.5. The van der Waals surface area contributed by atoms with E-state index in [0.717, 1.165) is 12.3 Å². The Hall–Kier alpha value is -2.75. The van der Waals surface area contributed by atoms with E-state index in [1.165, 1.54) is 13.0 Å². The van der Waals surface area contributed by atoms with Crippen molar-refractivity contribution in [1.82, 2.24) is 9.97 Å². The normalized spacial score (nSPS) is 18.9. The molecule has 2 aromatic rings. The molecule has 1 atom stereocenters. The molecular formula is C18H14ClF4N3O3. The van der Waals surface area contributed by atoms with Crippen LogP contribution in [0.5, 0.6) is 0 Å². The monoisotopic (exact) mass is 431 g/mol. The first-order valence-corrected chi connectivity index (χ1v) is 8.74. The van der Waals surface area contributed by atoms with Gasteiger partial charge < -0.3 is 9.57 Å². The molecule has 1 aromatic heterocycles. The third kappa shape index (κ3) is 4.16. The predicted molar refractivity (Wildman–Crippen MR) is 94.7 cm³/mol. The minimum atomic E-state index is -4.66. The van der Waals surface area contributed by atoms with Gasteiger partial charge in [-0.2, -0.15) is 13.2 Å². The number of hydrogen-bond acceptors (Lipinski definition) is 6. The standard InChI is InChI=1S/C18H14ClF4N3O3/c1-3-28-16(27)17(2)6-13(26-29-17)9-4-10(12(20)5-11(9)19)14-7-25-15(8-24-14)18(21,22)23/h4-5,7-8H,3,6H2,1-2H3. The lowest BCUT2D eigenvalue weighted by molar-refractivity contribution is -0.166. The molecule has 0 saturated heterocycles. The number of alkyl halides is 3. The van der Waals surface area contributed by atoms with Crippen molar-refractivity contribution in [2.45, 2.75) is 32.0 Å². The number of oxime groups is 1. The van der Waals surface area contributed by atoms with Gasteiger partial charge in [-0.3, -0.25) is 4.98 Å². The molecule has 0 radical (unpaired) electrons. The number of benzene rings is 1. The fourth-order valence-corrected chi connectivity index (χ4v) is 2.92. The number of esters is 1. The van der Waals surface area contributed by atoms with Crippen molar-refractivity contribution in [3.05, 3.63) is 46.6 Å². The number of halogens is 5. The van der Waals surface area contributed by atoms with Crippen LogP contribution in [0.2, 0.25) is 5.02 Å². The van der Waals surface area contributed by atoms with Crippen LogP contribution in [0.25, 0.3) is 11.3 Å². The molecule has 1 aliphatic heterocycles. The highest BCUT2D eigenvalue weighted by Gasteiger charge is 2.44. The van der Waals surface area contributed by atoms with E-state index < -0.39 is 29.3 Å². The van der Waals surface area contributed by atoms with Gasteiger partial charge in [0.05, 0.1) is 35.4 Å². The molecule has 0 spiro atoms. The minimum Gasteiger partial charge on any atom is -0.463 e. The van der Waals surface area contributed by atoms with E-state index in [0.29, 0.717) is 6.20 Å². The maximum absolute atomic E-state index is 14.4. The number of carbonyl (C=O) groups excluding carboxylic acids is 1. The summed E-state index contributed by atoms with van der Waals surface area (Å²) in [5, 5.41) is 3.85. The van der Waals surface area contributed by atoms with Gasteiger partial charge in [0.1, 0.15) is 5.82 Å². The topological polar surface area (TPSA) is 73.7 Å². The summed E-state index contributed by atoms with van der Waals surface area (Å²) in [6.07, 6.45) is -3.33. The molecule has 154 valence electrons. The predicted octanol–water partition coefficient (Wildman–Crippen LogP) is 4.40. The van der Waals surface area contributed by atoms with Gasteiger partial charge in [0, 0.05) is 17.5 Å². The molecule has 0 bridgehead atoms. The highest BCUT2D eigenvalue weighted by molar-refractivity contribution is 6.34. The first-order valence-electron chi connectivity index (χ1n) is 8.36. The first kappa shape index (κ1) is 21.0. The van der Waals surface area contributed by atoms with Crippen LogP contribution in [-0.4, -0.2) is 33.9 Å². The van der Waals surface area contributed by atoms with Gasteiger partial charge in [-0.15, -0.1) is 0 Å². The molecule has 1 aliphatic rings. The van der Waals surface area contributed by atoms with Crippen LogP contribution in [0.4, 0.5) is 17.6 Å². The average Bonchev–Trinajstić information content (AvgIpc) is 3.05. The van der Waals surface area contributed by atoms with Gasteiger partial charge >= 0.3 is 12.1 Å². The Morgan fingerprint density at radius 2 is 2.00 bits per heavy atom. The second kappa shape index (κ2) is 7.58. The molecule has 0 amide bonds. The molecule has 6 nitrogen and oxygen atoms in total. The van der Waals surface area contributed by atoms with Crippen LogP contribution >= 0.6 is 11.6 Å². The van der Waals surface area contributed by atoms with Crippen LogP contribution < -0.4 is 0 Å². The lowest BCUT2D eigenvalue weighted by atomic mass is 9.94. The Labute approximate surface area is 167 Å². The van der Waals surface area contributed by atoms with Crippen molar-refractivity contribution in [3.63, 3.8) is 0 Å². The highest BCUT2D eigenvalue weighted by Crippen LogP contribution is 2.34. The number of carbonyl (C=O) groups is 1. The van der Waals surface area contributed by atoms with Gasteiger partial charge in [0.25, 0.3) is 0 Å². The molecule has 1 unspecified atom stereocenters. The quantitative estimate of drug-likeness (QED) is 0.530. The van der Waals surface area contributed by atoms with Crippen molar-refractivity contribution < 1.29 is 31.9 Å². The zero-order valence-corrected chi connectivity index (χ0v) is 15.9. The number of hydrogen-bond donors (Lipinski definition) is 0. The van der Waals surface area contributed by atoms with Crippen LogP contribution in [0.1, 0.15) is 31.5 Å². The van der Waals surface area contributed by atoms with Crippen molar-refractivity contribution in [3.8, 4) is 11.3 Å². The zero-order valence-electron chi connectivity index (χ0n) is 15.2. The van der Waals surface area contributed by atoms with Crippen molar-refractivity contribution in [2.24, 2.45) is 5.16 Å². The van der Waals surface area contributed by atoms with Crippen molar-refractivity contribution in [2.75, 3.05) is 6.61 Å². The molecule has 0 fully saturated rings. The van der Waals surface area contributed by atoms with E-state index in [4.69, 9.17) is 21.2 Å². The third-order valence-electron chi connectivity index (χ3n) is 4.16. The Kier molecular flexibility index (Phi) is 5.48. The molecule has 1 aromatic carbocycles. The summed E-state index contributed by atoms with van der Waals surface area (Å²) < 4.78 is 57.3. The minimum absolute atomic E-state index is 0.00924. The number of aromatic nitrogens is 2. The SMILES string of the molecule is CCOC(=O)C1(C)CC(c2cc(-c3cnc(C(F)(F)F)cn3)c(F)cc2Cl)=NO1. The molecule has 11 heteroatoms. The Morgan fingerprint density at radius 1 is 1.28 bits per heavy atom.